The van der Waals surface area contributed by atoms with E-state index in [-0.39, 0.29) is 6.61 Å². The molecule has 2 nitrogen and oxygen atoms in total. The molecule has 0 radical (unpaired) electrons. The van der Waals surface area contributed by atoms with Crippen molar-refractivity contribution in [3.8, 4) is 0 Å². The van der Waals surface area contributed by atoms with Crippen molar-refractivity contribution in [1.82, 2.24) is 0 Å². The van der Waals surface area contributed by atoms with Crippen LogP contribution < -0.4 is 0 Å². The molecule has 1 N–H and O–H groups in total. The molecule has 1 aromatic rings. The van der Waals surface area contributed by atoms with Gasteiger partial charge in [-0.15, -0.1) is 0 Å². The van der Waals surface area contributed by atoms with Gasteiger partial charge in [-0.2, -0.15) is 0 Å². The van der Waals surface area contributed by atoms with Crippen molar-refractivity contribution < 1.29 is 9.84 Å². The minimum absolute atomic E-state index is 0.267. The molecule has 1 atom stereocenters. The van der Waals surface area contributed by atoms with Gasteiger partial charge in [0.15, 0.2) is 0 Å². The lowest BCUT2D eigenvalue weighted by Crippen LogP contribution is -2.06. The number of benzene rings is 1. The Labute approximate surface area is 83.1 Å². The van der Waals surface area contributed by atoms with E-state index in [4.69, 9.17) is 16.3 Å². The Hall–Kier alpha value is -0.570. The highest BCUT2D eigenvalue weighted by atomic mass is 35.5. The lowest BCUT2D eigenvalue weighted by molar-refractivity contribution is 0.0644. The molecule has 0 heterocycles. The van der Waals surface area contributed by atoms with Crippen molar-refractivity contribution >= 4 is 11.6 Å². The molecule has 0 aliphatic heterocycles. The van der Waals surface area contributed by atoms with Crippen molar-refractivity contribution in [2.75, 3.05) is 13.7 Å². The standard InChI is InChI=1S/C10H13ClO2/c1-7-4-3-5-8(10(7)11)9(12)6-13-2/h3-5,9,12H,6H2,1-2H3. The molecule has 1 unspecified atom stereocenters. The summed E-state index contributed by atoms with van der Waals surface area (Å²) in [6, 6.07) is 5.58. The summed E-state index contributed by atoms with van der Waals surface area (Å²) in [5.41, 5.74) is 1.69. The predicted molar refractivity (Wildman–Crippen MR) is 53.0 cm³/mol. The fourth-order valence-corrected chi connectivity index (χ4v) is 1.43. The van der Waals surface area contributed by atoms with Crippen LogP contribution in [0.4, 0.5) is 0 Å². The van der Waals surface area contributed by atoms with E-state index in [2.05, 4.69) is 0 Å². The number of halogens is 1. The second-order valence-corrected chi connectivity index (χ2v) is 3.33. The third kappa shape index (κ3) is 2.44. The van der Waals surface area contributed by atoms with Crippen LogP contribution in [-0.4, -0.2) is 18.8 Å². The number of hydrogen-bond donors (Lipinski definition) is 1. The van der Waals surface area contributed by atoms with Gasteiger partial charge in [0, 0.05) is 17.7 Å². The molecule has 1 rings (SSSR count). The number of ether oxygens (including phenoxy) is 1. The van der Waals surface area contributed by atoms with Gasteiger partial charge in [0.05, 0.1) is 6.61 Å². The van der Waals surface area contributed by atoms with E-state index in [0.717, 1.165) is 11.1 Å². The van der Waals surface area contributed by atoms with Gasteiger partial charge >= 0.3 is 0 Å². The molecule has 0 aliphatic carbocycles. The molecule has 1 aromatic carbocycles. The number of aliphatic hydroxyl groups is 1. The summed E-state index contributed by atoms with van der Waals surface area (Å²) in [5.74, 6) is 0. The number of rotatable bonds is 3. The zero-order valence-corrected chi connectivity index (χ0v) is 8.51. The molecule has 72 valence electrons. The second kappa shape index (κ2) is 4.61. The summed E-state index contributed by atoms with van der Waals surface area (Å²) in [5, 5.41) is 10.2. The lowest BCUT2D eigenvalue weighted by Gasteiger charge is -2.12. The minimum atomic E-state index is -0.641. The first kappa shape index (κ1) is 10.5. The van der Waals surface area contributed by atoms with E-state index >= 15 is 0 Å². The van der Waals surface area contributed by atoms with Crippen LogP contribution >= 0.6 is 11.6 Å². The van der Waals surface area contributed by atoms with Crippen LogP contribution in [0.15, 0.2) is 18.2 Å². The maximum absolute atomic E-state index is 9.62. The third-order valence-corrected chi connectivity index (χ3v) is 2.42. The molecule has 0 fully saturated rings. The highest BCUT2D eigenvalue weighted by Crippen LogP contribution is 2.25. The molecule has 0 amide bonds. The summed E-state index contributed by atoms with van der Waals surface area (Å²) in [6.07, 6.45) is -0.641. The SMILES string of the molecule is COCC(O)c1cccc(C)c1Cl. The molecular weight excluding hydrogens is 188 g/mol. The maximum atomic E-state index is 9.62. The first-order valence-electron chi connectivity index (χ1n) is 4.09. The van der Waals surface area contributed by atoms with Gasteiger partial charge < -0.3 is 9.84 Å². The molecule has 0 saturated heterocycles. The summed E-state index contributed by atoms with van der Waals surface area (Å²) in [4.78, 5) is 0. The fraction of sp³-hybridized carbons (Fsp3) is 0.400. The fourth-order valence-electron chi connectivity index (χ4n) is 1.18. The van der Waals surface area contributed by atoms with Gasteiger partial charge in [-0.25, -0.2) is 0 Å². The molecule has 13 heavy (non-hydrogen) atoms. The summed E-state index contributed by atoms with van der Waals surface area (Å²) >= 11 is 6.01. The Bertz CT molecular complexity index is 286. The van der Waals surface area contributed by atoms with E-state index in [1.165, 1.54) is 0 Å². The monoisotopic (exact) mass is 200 g/mol. The average Bonchev–Trinajstić information content (AvgIpc) is 2.10. The normalized spacial score (nSPS) is 12.9. The lowest BCUT2D eigenvalue weighted by atomic mass is 10.1. The molecule has 0 bridgehead atoms. The van der Waals surface area contributed by atoms with Crippen molar-refractivity contribution in [2.45, 2.75) is 13.0 Å². The van der Waals surface area contributed by atoms with E-state index < -0.39 is 6.10 Å². The van der Waals surface area contributed by atoms with Crippen molar-refractivity contribution in [1.29, 1.82) is 0 Å². The van der Waals surface area contributed by atoms with Gasteiger partial charge in [-0.3, -0.25) is 0 Å². The van der Waals surface area contributed by atoms with Gasteiger partial charge in [0.1, 0.15) is 6.10 Å². The van der Waals surface area contributed by atoms with Crippen molar-refractivity contribution in [2.24, 2.45) is 0 Å². The first-order valence-corrected chi connectivity index (χ1v) is 4.46. The number of aliphatic hydroxyl groups excluding tert-OH is 1. The average molecular weight is 201 g/mol. The van der Waals surface area contributed by atoms with Crippen LogP contribution in [0.1, 0.15) is 17.2 Å². The zero-order chi connectivity index (χ0) is 9.84. The van der Waals surface area contributed by atoms with Crippen LogP contribution in [0.3, 0.4) is 0 Å². The molecule has 0 saturated carbocycles. The Balaban J connectivity index is 2.93. The van der Waals surface area contributed by atoms with Crippen molar-refractivity contribution in [3.63, 3.8) is 0 Å². The molecule has 0 spiro atoms. The Morgan fingerprint density at radius 2 is 2.23 bits per heavy atom. The smallest absolute Gasteiger partial charge is 0.104 e. The van der Waals surface area contributed by atoms with Crippen LogP contribution in [-0.2, 0) is 4.74 Å². The quantitative estimate of drug-likeness (QED) is 0.812. The largest absolute Gasteiger partial charge is 0.386 e. The number of methoxy groups -OCH3 is 1. The third-order valence-electron chi connectivity index (χ3n) is 1.91. The van der Waals surface area contributed by atoms with Crippen LogP contribution in [0.25, 0.3) is 0 Å². The predicted octanol–water partition coefficient (Wildman–Crippen LogP) is 2.33. The zero-order valence-electron chi connectivity index (χ0n) is 7.75. The highest BCUT2D eigenvalue weighted by molar-refractivity contribution is 6.32. The van der Waals surface area contributed by atoms with Gasteiger partial charge in [0.2, 0.25) is 0 Å². The molecule has 3 heteroatoms. The van der Waals surface area contributed by atoms with Gasteiger partial charge in [0.25, 0.3) is 0 Å². The van der Waals surface area contributed by atoms with E-state index in [1.807, 2.05) is 19.1 Å². The second-order valence-electron chi connectivity index (χ2n) is 2.95. The Morgan fingerprint density at radius 1 is 1.54 bits per heavy atom. The highest BCUT2D eigenvalue weighted by Gasteiger charge is 2.11. The van der Waals surface area contributed by atoms with E-state index in [0.29, 0.717) is 5.02 Å². The van der Waals surface area contributed by atoms with Gasteiger partial charge in [-0.1, -0.05) is 29.8 Å². The van der Waals surface area contributed by atoms with E-state index in [1.54, 1.807) is 13.2 Å². The summed E-state index contributed by atoms with van der Waals surface area (Å²) in [6.45, 7) is 2.18. The number of aryl methyl sites for hydroxylation is 1. The molecule has 0 aliphatic rings. The minimum Gasteiger partial charge on any atom is -0.386 e. The topological polar surface area (TPSA) is 29.5 Å². The summed E-state index contributed by atoms with van der Waals surface area (Å²) < 4.78 is 4.84. The van der Waals surface area contributed by atoms with E-state index in [9.17, 15) is 5.11 Å². The molecular formula is C10H13ClO2. The summed E-state index contributed by atoms with van der Waals surface area (Å²) in [7, 11) is 1.55. The van der Waals surface area contributed by atoms with Gasteiger partial charge in [-0.05, 0) is 12.5 Å². The van der Waals surface area contributed by atoms with Crippen LogP contribution in [0.2, 0.25) is 5.02 Å². The van der Waals surface area contributed by atoms with Crippen LogP contribution in [0.5, 0.6) is 0 Å². The Kier molecular flexibility index (Phi) is 3.72. The molecule has 0 aromatic heterocycles. The maximum Gasteiger partial charge on any atom is 0.104 e. The first-order chi connectivity index (χ1) is 6.16. The Morgan fingerprint density at radius 3 is 2.85 bits per heavy atom. The van der Waals surface area contributed by atoms with Crippen molar-refractivity contribution in [3.05, 3.63) is 34.3 Å². The number of hydrogen-bond acceptors (Lipinski definition) is 2. The van der Waals surface area contributed by atoms with Crippen LogP contribution in [0, 0.1) is 6.92 Å².